The summed E-state index contributed by atoms with van der Waals surface area (Å²) < 4.78 is 55.7. The van der Waals surface area contributed by atoms with Gasteiger partial charge in [-0.05, 0) is 16.1 Å². The first-order valence-corrected chi connectivity index (χ1v) is 20.2. The van der Waals surface area contributed by atoms with E-state index < -0.39 is 33.8 Å². The molecule has 0 spiro atoms. The van der Waals surface area contributed by atoms with E-state index in [0.29, 0.717) is 90.1 Å². The predicted molar refractivity (Wildman–Crippen MR) is 220 cm³/mol. The van der Waals surface area contributed by atoms with Crippen LogP contribution in [0.2, 0.25) is 5.28 Å². The second-order valence-corrected chi connectivity index (χ2v) is 12.2. The molecule has 3 rings (SSSR count). The summed E-state index contributed by atoms with van der Waals surface area (Å²) >= 11 is 6.18. The minimum absolute atomic E-state index is 0.00552. The van der Waals surface area contributed by atoms with Crippen molar-refractivity contribution >= 4 is 37.8 Å². The molecule has 4 atom stereocenters. The molecule has 2 aliphatic heterocycles. The Morgan fingerprint density at radius 1 is 0.930 bits per heavy atom. The number of aliphatic hydroxyl groups excluding tert-OH is 3. The van der Waals surface area contributed by atoms with Gasteiger partial charge in [0.25, 0.3) is 0 Å². The van der Waals surface area contributed by atoms with Crippen LogP contribution in [0.4, 0.5) is 16.2 Å². The number of aromatic nitrogens is 2. The molecule has 0 radical (unpaired) electrons. The fourth-order valence-corrected chi connectivity index (χ4v) is 4.73. The molecule has 0 bridgehead atoms. The average Bonchev–Trinajstić information content (AvgIpc) is 3.61. The lowest BCUT2D eigenvalue weighted by Gasteiger charge is -2.36. The summed E-state index contributed by atoms with van der Waals surface area (Å²) in [6, 6.07) is 0. The van der Waals surface area contributed by atoms with Crippen molar-refractivity contribution in [2.24, 2.45) is 0 Å². The van der Waals surface area contributed by atoms with Gasteiger partial charge in [0.1, 0.15) is 31.0 Å². The zero-order chi connectivity index (χ0) is 43.7. The summed E-state index contributed by atoms with van der Waals surface area (Å²) in [6.07, 6.45) is 8.36. The third-order valence-corrected chi connectivity index (χ3v) is 7.89. The van der Waals surface area contributed by atoms with E-state index in [1.54, 1.807) is 14.0 Å². The van der Waals surface area contributed by atoms with Crippen molar-refractivity contribution in [1.29, 1.82) is 5.41 Å². The number of hydrogen-bond acceptors (Lipinski definition) is 18. The maximum absolute atomic E-state index is 11.1. The lowest BCUT2D eigenvalue weighted by atomic mass is 10.2. The van der Waals surface area contributed by atoms with Crippen LogP contribution in [0.5, 0.6) is 0 Å². The molecular weight excluding hydrogens is 794 g/mol. The third kappa shape index (κ3) is 28.6. The molecule has 21 heteroatoms. The van der Waals surface area contributed by atoms with E-state index in [1.807, 2.05) is 32.6 Å². The minimum atomic E-state index is -1.28. The maximum Gasteiger partial charge on any atom is 0.242 e. The molecule has 2 aliphatic rings. The van der Waals surface area contributed by atoms with Crippen LogP contribution in [0.15, 0.2) is 0 Å². The highest BCUT2D eigenvalue weighted by atomic mass is 35.5. The number of anilines is 2. The van der Waals surface area contributed by atoms with Gasteiger partial charge in [-0.3, -0.25) is 4.90 Å². The van der Waals surface area contributed by atoms with E-state index in [0.717, 1.165) is 33.0 Å². The molecular formula is C36H67ClFN6O12P. The number of aliphatic hydroxyl groups is 3. The van der Waals surface area contributed by atoms with Crippen LogP contribution in [0.3, 0.4) is 0 Å². The molecule has 0 aromatic carbocycles. The highest BCUT2D eigenvalue weighted by Crippen LogP contribution is 2.36. The first kappa shape index (κ1) is 58.9. The monoisotopic (exact) mass is 860 g/mol. The Morgan fingerprint density at radius 2 is 1.47 bits per heavy atom. The van der Waals surface area contributed by atoms with Gasteiger partial charge in [-0.1, -0.05) is 46.5 Å². The van der Waals surface area contributed by atoms with Crippen molar-refractivity contribution in [3.63, 3.8) is 0 Å². The van der Waals surface area contributed by atoms with Gasteiger partial charge in [0.15, 0.2) is 6.29 Å². The molecule has 2 fully saturated rings. The molecule has 5 N–H and O–H groups in total. The van der Waals surface area contributed by atoms with Gasteiger partial charge in [0.2, 0.25) is 20.1 Å². The summed E-state index contributed by atoms with van der Waals surface area (Å²) in [5.41, 5.74) is 0.410. The molecule has 2 saturated heterocycles. The molecule has 0 saturated carbocycles. The zero-order valence-electron chi connectivity index (χ0n) is 34.8. The minimum Gasteiger partial charge on any atom is -0.400 e. The number of terminal acetylenes is 2. The lowest BCUT2D eigenvalue weighted by molar-refractivity contribution is -0.102. The smallest absolute Gasteiger partial charge is 0.242 e. The number of hydrogen-bond donors (Lipinski definition) is 5. The summed E-state index contributed by atoms with van der Waals surface area (Å²) in [4.78, 5) is 12.8. The zero-order valence-corrected chi connectivity index (χ0v) is 36.4. The Labute approximate surface area is 345 Å². The molecule has 1 aromatic rings. The van der Waals surface area contributed by atoms with Gasteiger partial charge in [0, 0.05) is 66.4 Å². The molecule has 0 amide bonds. The lowest BCUT2D eigenvalue weighted by Crippen LogP contribution is -2.48. The van der Waals surface area contributed by atoms with Crippen molar-refractivity contribution in [3.05, 3.63) is 10.8 Å². The second-order valence-electron chi connectivity index (χ2n) is 10.0. The Bertz CT molecular complexity index is 1150. The summed E-state index contributed by atoms with van der Waals surface area (Å²) in [6.45, 7) is 17.3. The van der Waals surface area contributed by atoms with Gasteiger partial charge < -0.3 is 68.6 Å². The van der Waals surface area contributed by atoms with E-state index in [2.05, 4.69) is 46.0 Å². The van der Waals surface area contributed by atoms with Gasteiger partial charge in [-0.25, -0.2) is 0 Å². The highest BCUT2D eigenvalue weighted by Gasteiger charge is 2.35. The van der Waals surface area contributed by atoms with Gasteiger partial charge in [-0.15, -0.1) is 17.6 Å². The van der Waals surface area contributed by atoms with Crippen molar-refractivity contribution < 1.29 is 62.3 Å². The number of piperazine rings is 1. The van der Waals surface area contributed by atoms with E-state index in [4.69, 9.17) is 63.4 Å². The van der Waals surface area contributed by atoms with Crippen LogP contribution in [0.25, 0.3) is 0 Å². The first-order valence-electron chi connectivity index (χ1n) is 18.5. The van der Waals surface area contributed by atoms with E-state index in [-0.39, 0.29) is 11.1 Å². The largest absolute Gasteiger partial charge is 0.400 e. The Hall–Kier alpha value is -2.40. The fraction of sp³-hybridized carbons (Fsp3) is 0.750. The molecule has 57 heavy (non-hydrogen) atoms. The predicted octanol–water partition coefficient (Wildman–Crippen LogP) is 3.16. The van der Waals surface area contributed by atoms with Gasteiger partial charge in [-0.2, -0.15) is 9.97 Å². The quantitative estimate of drug-likeness (QED) is 0.0373. The summed E-state index contributed by atoms with van der Waals surface area (Å²) in [7, 11) is 2.77. The topological polar surface area (TPSA) is 212 Å². The number of nitrogens with zero attached hydrogens (tertiary/aromatic N) is 4. The van der Waals surface area contributed by atoms with E-state index in [9.17, 15) is 14.7 Å². The number of halogens is 2. The van der Waals surface area contributed by atoms with E-state index in [1.165, 1.54) is 7.11 Å². The van der Waals surface area contributed by atoms with Crippen LogP contribution in [0.1, 0.15) is 40.2 Å². The Morgan fingerprint density at radius 3 is 1.88 bits per heavy atom. The number of nitrogens with one attached hydrogen (secondary N) is 2. The Balaban J connectivity index is -0.00000137. The fourth-order valence-electron chi connectivity index (χ4n) is 4.16. The summed E-state index contributed by atoms with van der Waals surface area (Å²) in [5.74, 6) is 5.44. The third-order valence-electron chi connectivity index (χ3n) is 6.65. The molecule has 0 aliphatic carbocycles. The van der Waals surface area contributed by atoms with E-state index >= 15 is 0 Å². The van der Waals surface area contributed by atoms with Crippen LogP contribution in [-0.2, 0) is 42.4 Å². The number of ether oxygens (including phenoxy) is 7. The van der Waals surface area contributed by atoms with Crippen LogP contribution >= 0.6 is 20.0 Å². The van der Waals surface area contributed by atoms with Crippen LogP contribution in [0, 0.1) is 30.1 Å². The van der Waals surface area contributed by atoms with Crippen molar-refractivity contribution in [2.75, 3.05) is 137 Å². The average molecular weight is 861 g/mol. The SMILES string of the molecule is C#CCOC.C#CCOCCOCCOCCOCCN1CCN(c2nc(Cl)nc(NC3OC(O)C(CO)O3)c2C=N)CC1.CC.CC.CCP(OC)OF.CO. The molecule has 18 nitrogen and oxygen atoms in total. The van der Waals surface area contributed by atoms with Gasteiger partial charge >= 0.3 is 0 Å². The molecule has 332 valence electrons. The van der Waals surface area contributed by atoms with Crippen molar-refractivity contribution in [2.45, 2.75) is 53.4 Å². The van der Waals surface area contributed by atoms with Gasteiger partial charge in [0.05, 0.1) is 58.4 Å². The first-order chi connectivity index (χ1) is 27.8. The van der Waals surface area contributed by atoms with Crippen LogP contribution < -0.4 is 10.2 Å². The van der Waals surface area contributed by atoms with Crippen molar-refractivity contribution in [1.82, 2.24) is 14.9 Å². The second kappa shape index (κ2) is 43.2. The van der Waals surface area contributed by atoms with Crippen molar-refractivity contribution in [3.8, 4) is 24.7 Å². The molecule has 1 aromatic heterocycles. The maximum atomic E-state index is 11.1. The summed E-state index contributed by atoms with van der Waals surface area (Å²) in [5, 5.41) is 36.8. The number of rotatable bonds is 22. The number of methoxy groups -OCH3 is 1. The Kier molecular flexibility index (Phi) is 44.6. The normalized spacial score (nSPS) is 17.5. The standard InChI is InChI=1S/C24H37ClN6O8.C4H6O.C3H8FO2P.2C2H6.CH4O/c1-2-8-34-10-12-36-14-15-37-13-11-35-9-7-30-3-5-31(6-4-30)21-18(16-26)20(27-23(25)29-21)28-24-38-19(17-32)22(33)39-24;1-3-4-5-2;1-3-7(5-2)6-4;3*1-2/h1,16,19,22,24,26,32-33H,3-15,17H2,(H,27,28,29);1H,4H2,2H3;3H2,1-2H3;2*1-2H3;2H,1H3. The highest BCUT2D eigenvalue weighted by molar-refractivity contribution is 7.47. The van der Waals surface area contributed by atoms with Crippen LogP contribution in [-0.4, -0.2) is 181 Å². The molecule has 3 heterocycles. The molecule has 4 unspecified atom stereocenters.